The van der Waals surface area contributed by atoms with Gasteiger partial charge in [-0.15, -0.1) is 0 Å². The first-order valence-corrected chi connectivity index (χ1v) is 10.6. The van der Waals surface area contributed by atoms with Crippen LogP contribution < -0.4 is 0 Å². The highest BCUT2D eigenvalue weighted by Crippen LogP contribution is 2.38. The highest BCUT2D eigenvalue weighted by Gasteiger charge is 2.41. The van der Waals surface area contributed by atoms with E-state index in [0.29, 0.717) is 32.7 Å². The van der Waals surface area contributed by atoms with Gasteiger partial charge in [-0.3, -0.25) is 4.79 Å². The van der Waals surface area contributed by atoms with Gasteiger partial charge in [-0.1, -0.05) is 12.1 Å². The van der Waals surface area contributed by atoms with E-state index in [0.717, 1.165) is 25.0 Å². The zero-order valence-electron chi connectivity index (χ0n) is 17.3. The summed E-state index contributed by atoms with van der Waals surface area (Å²) in [5.74, 6) is 0.00157. The van der Waals surface area contributed by atoms with Gasteiger partial charge in [-0.2, -0.15) is 13.2 Å². The second kappa shape index (κ2) is 8.31. The Morgan fingerprint density at radius 1 is 1.03 bits per heavy atom. The molecule has 0 atom stereocenters. The number of piperidine rings is 1. The third kappa shape index (κ3) is 4.50. The maximum atomic E-state index is 13.1. The van der Waals surface area contributed by atoms with Crippen LogP contribution in [0.5, 0.6) is 0 Å². The monoisotopic (exact) mass is 436 g/mol. The van der Waals surface area contributed by atoms with Crippen LogP contribution in [0.3, 0.4) is 0 Å². The molecule has 31 heavy (non-hydrogen) atoms. The lowest BCUT2D eigenvalue weighted by atomic mass is 9.82. The predicted octanol–water partition coefficient (Wildman–Crippen LogP) is 3.91. The minimum absolute atomic E-state index is 0.00157. The van der Waals surface area contributed by atoms with Crippen molar-refractivity contribution in [1.29, 1.82) is 0 Å². The molecule has 0 unspecified atom stereocenters. The van der Waals surface area contributed by atoms with E-state index in [1.807, 2.05) is 24.5 Å². The molecule has 0 bridgehead atoms. The Morgan fingerprint density at radius 3 is 2.29 bits per heavy atom. The summed E-state index contributed by atoms with van der Waals surface area (Å²) in [5.41, 5.74) is -2.21. The first-order valence-electron chi connectivity index (χ1n) is 10.6. The highest BCUT2D eigenvalue weighted by molar-refractivity contribution is 5.77. The Kier molecular flexibility index (Phi) is 5.87. The second-order valence-electron chi connectivity index (χ2n) is 8.59. The molecule has 4 rings (SSSR count). The summed E-state index contributed by atoms with van der Waals surface area (Å²) in [6, 6.07) is 8.74. The summed E-state index contributed by atoms with van der Waals surface area (Å²) in [4.78, 5) is 14.9. The lowest BCUT2D eigenvalue weighted by molar-refractivity contribution is -0.139. The number of halogens is 3. The quantitative estimate of drug-likeness (QED) is 0.791. The van der Waals surface area contributed by atoms with E-state index in [1.54, 1.807) is 4.90 Å². The molecule has 168 valence electrons. The smallest absolute Gasteiger partial charge is 0.385 e. The van der Waals surface area contributed by atoms with Gasteiger partial charge < -0.3 is 19.3 Å². The van der Waals surface area contributed by atoms with Gasteiger partial charge in [0, 0.05) is 38.7 Å². The molecule has 1 aromatic heterocycles. The van der Waals surface area contributed by atoms with Crippen molar-refractivity contribution in [1.82, 2.24) is 9.47 Å². The first kappa shape index (κ1) is 21.9. The summed E-state index contributed by atoms with van der Waals surface area (Å²) in [5, 5.41) is 11.0. The summed E-state index contributed by atoms with van der Waals surface area (Å²) < 4.78 is 46.8. The third-order valence-corrected chi connectivity index (χ3v) is 6.73. The molecule has 8 heteroatoms. The molecule has 2 aliphatic rings. The highest BCUT2D eigenvalue weighted by atomic mass is 19.4. The Morgan fingerprint density at radius 2 is 1.68 bits per heavy atom. The number of aliphatic hydroxyl groups is 1. The van der Waals surface area contributed by atoms with Crippen LogP contribution in [-0.4, -0.2) is 46.8 Å². The number of ether oxygens (including phenoxy) is 1. The van der Waals surface area contributed by atoms with Crippen molar-refractivity contribution in [2.45, 2.75) is 49.4 Å². The predicted molar refractivity (Wildman–Crippen MR) is 108 cm³/mol. The fraction of sp³-hybridized carbons (Fsp3) is 0.522. The number of aromatic nitrogens is 1. The van der Waals surface area contributed by atoms with Crippen LogP contribution in [0.25, 0.3) is 0 Å². The number of rotatable bonds is 4. The number of nitrogens with zero attached hydrogens (tertiary/aromatic N) is 2. The molecule has 0 spiro atoms. The second-order valence-corrected chi connectivity index (χ2v) is 8.59. The standard InChI is InChI=1S/C23H27F3N2O3/c24-23(25,26)19-5-3-4-18(16-19)22(30)6-12-27(13-7-22)20(29)17-21(8-14-31-15-9-21)28-10-1-2-11-28/h1-5,10-11,16,30H,6-9,12-15,17H2. The fourth-order valence-corrected chi connectivity index (χ4v) is 4.72. The summed E-state index contributed by atoms with van der Waals surface area (Å²) >= 11 is 0. The van der Waals surface area contributed by atoms with Gasteiger partial charge >= 0.3 is 6.18 Å². The summed E-state index contributed by atoms with van der Waals surface area (Å²) in [7, 11) is 0. The van der Waals surface area contributed by atoms with Gasteiger partial charge in [0.15, 0.2) is 0 Å². The van der Waals surface area contributed by atoms with Crippen LogP contribution in [0.1, 0.15) is 43.2 Å². The minimum Gasteiger partial charge on any atom is -0.385 e. The SMILES string of the molecule is O=C(CC1(n2cccc2)CCOCC1)N1CCC(O)(c2cccc(C(F)(F)F)c2)CC1. The Balaban J connectivity index is 1.44. The molecule has 2 saturated heterocycles. The molecule has 1 aromatic carbocycles. The number of hydrogen-bond donors (Lipinski definition) is 1. The zero-order chi connectivity index (χ0) is 22.1. The number of benzene rings is 1. The zero-order valence-corrected chi connectivity index (χ0v) is 17.3. The Hall–Kier alpha value is -2.32. The van der Waals surface area contributed by atoms with Crippen LogP contribution >= 0.6 is 0 Å². The number of amides is 1. The summed E-state index contributed by atoms with van der Waals surface area (Å²) in [6.45, 7) is 1.81. The van der Waals surface area contributed by atoms with Crippen LogP contribution in [0, 0.1) is 0 Å². The maximum absolute atomic E-state index is 13.1. The molecule has 0 saturated carbocycles. The van der Waals surface area contributed by atoms with E-state index in [1.165, 1.54) is 12.1 Å². The maximum Gasteiger partial charge on any atom is 0.416 e. The number of likely N-dealkylation sites (tertiary alicyclic amines) is 1. The van der Waals surface area contributed by atoms with Gasteiger partial charge in [-0.05, 0) is 55.5 Å². The van der Waals surface area contributed by atoms with E-state index in [9.17, 15) is 23.1 Å². The minimum atomic E-state index is -4.46. The molecular weight excluding hydrogens is 409 g/mol. The molecule has 2 fully saturated rings. The molecule has 3 heterocycles. The van der Waals surface area contributed by atoms with Gasteiger partial charge in [0.05, 0.1) is 23.1 Å². The van der Waals surface area contributed by atoms with E-state index in [-0.39, 0.29) is 29.9 Å². The molecular formula is C23H27F3N2O3. The van der Waals surface area contributed by atoms with E-state index in [4.69, 9.17) is 4.74 Å². The van der Waals surface area contributed by atoms with Crippen molar-refractivity contribution in [3.63, 3.8) is 0 Å². The molecule has 1 N–H and O–H groups in total. The molecule has 2 aliphatic heterocycles. The van der Waals surface area contributed by atoms with Crippen molar-refractivity contribution in [2.75, 3.05) is 26.3 Å². The van der Waals surface area contributed by atoms with Crippen LogP contribution in [0.4, 0.5) is 13.2 Å². The molecule has 0 radical (unpaired) electrons. The number of alkyl halides is 3. The van der Waals surface area contributed by atoms with E-state index in [2.05, 4.69) is 4.57 Å². The number of hydrogen-bond acceptors (Lipinski definition) is 3. The van der Waals surface area contributed by atoms with Crippen LogP contribution in [0.2, 0.25) is 0 Å². The molecule has 5 nitrogen and oxygen atoms in total. The topological polar surface area (TPSA) is 54.7 Å². The van der Waals surface area contributed by atoms with E-state index < -0.39 is 17.3 Å². The van der Waals surface area contributed by atoms with Gasteiger partial charge in [0.1, 0.15) is 0 Å². The summed E-state index contributed by atoms with van der Waals surface area (Å²) in [6.07, 6.45) is 1.74. The lowest BCUT2D eigenvalue weighted by Crippen LogP contribution is -2.49. The van der Waals surface area contributed by atoms with Crippen molar-refractivity contribution in [3.05, 3.63) is 59.9 Å². The van der Waals surface area contributed by atoms with Crippen molar-refractivity contribution in [3.8, 4) is 0 Å². The Labute approximate surface area is 179 Å². The largest absolute Gasteiger partial charge is 0.416 e. The van der Waals surface area contributed by atoms with E-state index >= 15 is 0 Å². The molecule has 2 aromatic rings. The lowest BCUT2D eigenvalue weighted by Gasteiger charge is -2.42. The Bertz CT molecular complexity index is 897. The van der Waals surface area contributed by atoms with Gasteiger partial charge in [0.2, 0.25) is 5.91 Å². The van der Waals surface area contributed by atoms with Crippen molar-refractivity contribution >= 4 is 5.91 Å². The first-order chi connectivity index (χ1) is 14.7. The average molecular weight is 436 g/mol. The third-order valence-electron chi connectivity index (χ3n) is 6.73. The normalized spacial score (nSPS) is 21.1. The van der Waals surface area contributed by atoms with Crippen molar-refractivity contribution in [2.24, 2.45) is 0 Å². The van der Waals surface area contributed by atoms with Gasteiger partial charge in [-0.25, -0.2) is 0 Å². The van der Waals surface area contributed by atoms with Crippen molar-refractivity contribution < 1.29 is 27.8 Å². The number of carbonyl (C=O) groups excluding carboxylic acids is 1. The molecule has 0 aliphatic carbocycles. The molecule has 1 amide bonds. The van der Waals surface area contributed by atoms with Crippen LogP contribution in [-0.2, 0) is 26.8 Å². The van der Waals surface area contributed by atoms with Gasteiger partial charge in [0.25, 0.3) is 0 Å². The van der Waals surface area contributed by atoms with Crippen LogP contribution in [0.15, 0.2) is 48.8 Å². The average Bonchev–Trinajstić information content (AvgIpc) is 3.30. The number of carbonyl (C=O) groups is 1. The fourth-order valence-electron chi connectivity index (χ4n) is 4.72.